The lowest BCUT2D eigenvalue weighted by Crippen LogP contribution is -2.35. The normalized spacial score (nSPS) is 11.7. The smallest absolute Gasteiger partial charge is 0.242 e. The molecule has 7 heteroatoms. The Balaban J connectivity index is 0.00000324. The van der Waals surface area contributed by atoms with Gasteiger partial charge < -0.3 is 15.8 Å². The Morgan fingerprint density at radius 1 is 1.63 bits per heavy atom. The first-order chi connectivity index (χ1) is 8.67. The van der Waals surface area contributed by atoms with E-state index in [9.17, 15) is 4.79 Å². The highest BCUT2D eigenvalue weighted by Crippen LogP contribution is 2.05. The minimum atomic E-state index is -0.464. The molecule has 0 fully saturated rings. The standard InChI is InChI=1S/C12H22N4O2.ClH/c1-3-5-10(13)12(17)14-11-6-8-16(15-11)7-4-9-18-2;/h6,8,10H,3-5,7,9,13H2,1-2H3,(H,14,15,17);1H. The maximum atomic E-state index is 11.7. The summed E-state index contributed by atoms with van der Waals surface area (Å²) < 4.78 is 6.74. The maximum Gasteiger partial charge on any atom is 0.242 e. The number of ether oxygens (including phenoxy) is 1. The SMILES string of the molecule is CCCC(N)C(=O)Nc1ccn(CCCOC)n1.Cl. The summed E-state index contributed by atoms with van der Waals surface area (Å²) in [7, 11) is 1.67. The third-order valence-electron chi connectivity index (χ3n) is 2.56. The van der Waals surface area contributed by atoms with Gasteiger partial charge in [0.2, 0.25) is 5.91 Å². The Labute approximate surface area is 120 Å². The van der Waals surface area contributed by atoms with Crippen LogP contribution in [0.15, 0.2) is 12.3 Å². The number of aryl methyl sites for hydroxylation is 1. The molecule has 110 valence electrons. The van der Waals surface area contributed by atoms with Crippen LogP contribution in [0, 0.1) is 0 Å². The van der Waals surface area contributed by atoms with E-state index in [1.807, 2.05) is 13.1 Å². The van der Waals surface area contributed by atoms with Crippen LogP contribution in [0.4, 0.5) is 5.82 Å². The number of amides is 1. The predicted octanol–water partition coefficient (Wildman–Crippen LogP) is 1.41. The number of aromatic nitrogens is 2. The van der Waals surface area contributed by atoms with Crippen molar-refractivity contribution in [3.8, 4) is 0 Å². The number of nitrogens with zero attached hydrogens (tertiary/aromatic N) is 2. The molecule has 0 spiro atoms. The summed E-state index contributed by atoms with van der Waals surface area (Å²) in [6, 6.07) is 1.30. The van der Waals surface area contributed by atoms with Crippen molar-refractivity contribution in [1.82, 2.24) is 9.78 Å². The number of carbonyl (C=O) groups excluding carboxylic acids is 1. The fourth-order valence-electron chi connectivity index (χ4n) is 1.58. The average Bonchev–Trinajstić information content (AvgIpc) is 2.77. The van der Waals surface area contributed by atoms with Gasteiger partial charge in [0.05, 0.1) is 6.04 Å². The lowest BCUT2D eigenvalue weighted by Gasteiger charge is -2.09. The molecule has 3 N–H and O–H groups in total. The third kappa shape index (κ3) is 6.56. The van der Waals surface area contributed by atoms with Crippen LogP contribution in [0.1, 0.15) is 26.2 Å². The Kier molecular flexibility index (Phi) is 9.20. The predicted molar refractivity (Wildman–Crippen MR) is 77.5 cm³/mol. The highest BCUT2D eigenvalue weighted by molar-refractivity contribution is 5.93. The molecule has 0 saturated carbocycles. The summed E-state index contributed by atoms with van der Waals surface area (Å²) in [5.41, 5.74) is 5.72. The molecule has 0 bridgehead atoms. The summed E-state index contributed by atoms with van der Waals surface area (Å²) in [6.45, 7) is 3.46. The molecule has 6 nitrogen and oxygen atoms in total. The summed E-state index contributed by atoms with van der Waals surface area (Å²) >= 11 is 0. The summed E-state index contributed by atoms with van der Waals surface area (Å²) in [5.74, 6) is 0.364. The van der Waals surface area contributed by atoms with Crippen molar-refractivity contribution in [3.63, 3.8) is 0 Å². The second-order valence-electron chi connectivity index (χ2n) is 4.19. The molecule has 1 aromatic rings. The van der Waals surface area contributed by atoms with Gasteiger partial charge in [-0.3, -0.25) is 9.48 Å². The van der Waals surface area contributed by atoms with Crippen LogP contribution >= 0.6 is 12.4 Å². The molecule has 0 radical (unpaired) electrons. The van der Waals surface area contributed by atoms with Crippen LogP contribution in [-0.4, -0.2) is 35.4 Å². The molecule has 1 aromatic heterocycles. The lowest BCUT2D eigenvalue weighted by molar-refractivity contribution is -0.117. The number of hydrogen-bond acceptors (Lipinski definition) is 4. The van der Waals surface area contributed by atoms with Crippen LogP contribution in [0.3, 0.4) is 0 Å². The molecule has 0 aromatic carbocycles. The van der Waals surface area contributed by atoms with Crippen molar-refractivity contribution < 1.29 is 9.53 Å². The fourth-order valence-corrected chi connectivity index (χ4v) is 1.58. The largest absolute Gasteiger partial charge is 0.385 e. The van der Waals surface area contributed by atoms with E-state index < -0.39 is 6.04 Å². The van der Waals surface area contributed by atoms with Gasteiger partial charge >= 0.3 is 0 Å². The van der Waals surface area contributed by atoms with Gasteiger partial charge in [-0.1, -0.05) is 13.3 Å². The lowest BCUT2D eigenvalue weighted by atomic mass is 10.2. The number of methoxy groups -OCH3 is 1. The van der Waals surface area contributed by atoms with Crippen molar-refractivity contribution in [3.05, 3.63) is 12.3 Å². The van der Waals surface area contributed by atoms with Crippen molar-refractivity contribution in [2.45, 2.75) is 38.8 Å². The van der Waals surface area contributed by atoms with Crippen LogP contribution in [0.25, 0.3) is 0 Å². The molecule has 1 rings (SSSR count). The molecule has 0 aliphatic carbocycles. The topological polar surface area (TPSA) is 82.2 Å². The van der Waals surface area contributed by atoms with E-state index in [1.54, 1.807) is 17.9 Å². The number of nitrogens with two attached hydrogens (primary N) is 1. The molecule has 0 aliphatic heterocycles. The summed E-state index contributed by atoms with van der Waals surface area (Å²) in [4.78, 5) is 11.7. The Morgan fingerprint density at radius 3 is 3.00 bits per heavy atom. The molecule has 0 aliphatic rings. The maximum absolute atomic E-state index is 11.7. The minimum absolute atomic E-state index is 0. The molecular formula is C12H23ClN4O2. The van der Waals surface area contributed by atoms with Crippen molar-refractivity contribution in [2.24, 2.45) is 5.73 Å². The quantitative estimate of drug-likeness (QED) is 0.709. The van der Waals surface area contributed by atoms with Gasteiger partial charge in [0.25, 0.3) is 0 Å². The summed E-state index contributed by atoms with van der Waals surface area (Å²) in [6.07, 6.45) is 4.29. The van der Waals surface area contributed by atoms with E-state index in [0.29, 0.717) is 18.8 Å². The Morgan fingerprint density at radius 2 is 2.37 bits per heavy atom. The van der Waals surface area contributed by atoms with Gasteiger partial charge in [0.1, 0.15) is 0 Å². The van der Waals surface area contributed by atoms with E-state index in [1.165, 1.54) is 0 Å². The number of carbonyl (C=O) groups is 1. The zero-order chi connectivity index (χ0) is 13.4. The third-order valence-corrected chi connectivity index (χ3v) is 2.56. The van der Waals surface area contributed by atoms with E-state index in [4.69, 9.17) is 10.5 Å². The molecule has 1 amide bonds. The highest BCUT2D eigenvalue weighted by Gasteiger charge is 2.13. The first-order valence-corrected chi connectivity index (χ1v) is 6.26. The molecule has 1 unspecified atom stereocenters. The van der Waals surface area contributed by atoms with Crippen molar-refractivity contribution >= 4 is 24.1 Å². The van der Waals surface area contributed by atoms with Crippen molar-refractivity contribution in [2.75, 3.05) is 19.0 Å². The number of nitrogens with one attached hydrogen (secondary N) is 1. The number of hydrogen-bond donors (Lipinski definition) is 2. The number of rotatable bonds is 8. The molecule has 1 atom stereocenters. The fraction of sp³-hybridized carbons (Fsp3) is 0.667. The van der Waals surface area contributed by atoms with Crippen LogP contribution in [-0.2, 0) is 16.1 Å². The first-order valence-electron chi connectivity index (χ1n) is 6.26. The highest BCUT2D eigenvalue weighted by atomic mass is 35.5. The van der Waals surface area contributed by atoms with Crippen LogP contribution in [0.5, 0.6) is 0 Å². The molecular weight excluding hydrogens is 268 g/mol. The minimum Gasteiger partial charge on any atom is -0.385 e. The Hall–Kier alpha value is -1.11. The second-order valence-corrected chi connectivity index (χ2v) is 4.19. The van der Waals surface area contributed by atoms with E-state index in [0.717, 1.165) is 19.4 Å². The number of halogens is 1. The monoisotopic (exact) mass is 290 g/mol. The van der Waals surface area contributed by atoms with E-state index in [-0.39, 0.29) is 18.3 Å². The van der Waals surface area contributed by atoms with E-state index >= 15 is 0 Å². The Bertz CT molecular complexity index is 370. The zero-order valence-corrected chi connectivity index (χ0v) is 12.3. The van der Waals surface area contributed by atoms with Gasteiger partial charge in [0.15, 0.2) is 5.82 Å². The van der Waals surface area contributed by atoms with Gasteiger partial charge in [-0.2, -0.15) is 5.10 Å². The number of anilines is 1. The van der Waals surface area contributed by atoms with Crippen molar-refractivity contribution in [1.29, 1.82) is 0 Å². The zero-order valence-electron chi connectivity index (χ0n) is 11.5. The molecule has 19 heavy (non-hydrogen) atoms. The average molecular weight is 291 g/mol. The van der Waals surface area contributed by atoms with Gasteiger partial charge in [-0.15, -0.1) is 12.4 Å². The van der Waals surface area contributed by atoms with Gasteiger partial charge in [0, 0.05) is 32.5 Å². The summed E-state index contributed by atoms with van der Waals surface area (Å²) in [5, 5.41) is 6.95. The molecule has 0 saturated heterocycles. The van der Waals surface area contributed by atoms with Crippen LogP contribution in [0.2, 0.25) is 0 Å². The second kappa shape index (κ2) is 9.77. The van der Waals surface area contributed by atoms with Gasteiger partial charge in [-0.05, 0) is 12.8 Å². The van der Waals surface area contributed by atoms with Crippen LogP contribution < -0.4 is 11.1 Å². The van der Waals surface area contributed by atoms with E-state index in [2.05, 4.69) is 10.4 Å². The van der Waals surface area contributed by atoms with Gasteiger partial charge in [-0.25, -0.2) is 0 Å². The first kappa shape index (κ1) is 17.9. The molecule has 1 heterocycles.